The zero-order valence-electron chi connectivity index (χ0n) is 30.0. The molecule has 0 radical (unpaired) electrons. The predicted molar refractivity (Wildman–Crippen MR) is 231 cm³/mol. The van der Waals surface area contributed by atoms with Gasteiger partial charge >= 0.3 is 0 Å². The number of rotatable bonds is 4. The van der Waals surface area contributed by atoms with Crippen LogP contribution >= 0.6 is 0 Å². The Bertz CT molecular complexity index is 3540. The third-order valence-corrected chi connectivity index (χ3v) is 11.2. The summed E-state index contributed by atoms with van der Waals surface area (Å²) in [5.41, 5.74) is 10.1. The van der Waals surface area contributed by atoms with E-state index in [1.807, 2.05) is 18.2 Å². The summed E-state index contributed by atoms with van der Waals surface area (Å²) >= 11 is 0. The van der Waals surface area contributed by atoms with Gasteiger partial charge in [0.2, 0.25) is 0 Å². The minimum Gasteiger partial charge on any atom is -0.456 e. The fourth-order valence-electron chi connectivity index (χ4n) is 8.57. The molecule has 0 fully saturated rings. The van der Waals surface area contributed by atoms with E-state index in [2.05, 4.69) is 164 Å². The number of hydrogen-bond acceptors (Lipinski definition) is 4. The van der Waals surface area contributed by atoms with Crippen LogP contribution in [0.15, 0.2) is 191 Å². The van der Waals surface area contributed by atoms with Crippen LogP contribution < -0.4 is 0 Å². The fraction of sp³-hybridized carbons (Fsp3) is 0. The zero-order valence-corrected chi connectivity index (χ0v) is 30.0. The maximum atomic E-state index is 6.62. The summed E-state index contributed by atoms with van der Waals surface area (Å²) in [5.74, 6) is 0.638. The van der Waals surface area contributed by atoms with E-state index in [0.717, 1.165) is 83.1 Å². The highest BCUT2D eigenvalue weighted by molar-refractivity contribution is 6.20. The van der Waals surface area contributed by atoms with Crippen molar-refractivity contribution in [3.05, 3.63) is 182 Å². The van der Waals surface area contributed by atoms with Gasteiger partial charge in [-0.1, -0.05) is 133 Å². The molecule has 0 aliphatic rings. The molecule has 56 heavy (non-hydrogen) atoms. The third-order valence-electron chi connectivity index (χ3n) is 11.2. The van der Waals surface area contributed by atoms with Crippen LogP contribution in [0.2, 0.25) is 0 Å². The maximum Gasteiger partial charge on any atom is 0.161 e. The van der Waals surface area contributed by atoms with Crippen LogP contribution in [0.1, 0.15) is 0 Å². The van der Waals surface area contributed by atoms with Crippen LogP contribution in [0.4, 0.5) is 0 Å². The molecule has 0 unspecified atom stereocenters. The Labute approximate surface area is 320 Å². The first-order valence-corrected chi connectivity index (χ1v) is 18.9. The van der Waals surface area contributed by atoms with Crippen molar-refractivity contribution in [2.45, 2.75) is 0 Å². The predicted octanol–water partition coefficient (Wildman–Crippen LogP) is 14.4. The molecule has 3 aromatic heterocycles. The SMILES string of the molecule is c1ccc(-c2cc(-c3ccc4c(ccc5ccccc54)c3)nc(-c3cc(-c4ccc5oc6ccc7ccccc7c6c5c4)cc4oc5ccccc5c34)n2)cc1. The molecule has 0 saturated heterocycles. The lowest BCUT2D eigenvalue weighted by molar-refractivity contribution is 0.669. The van der Waals surface area contributed by atoms with Gasteiger partial charge < -0.3 is 8.83 Å². The summed E-state index contributed by atoms with van der Waals surface area (Å²) in [6, 6.07) is 63.8. The number of hydrogen-bond donors (Lipinski definition) is 0. The molecule has 0 atom stereocenters. The molecular weight excluding hydrogens is 685 g/mol. The highest BCUT2D eigenvalue weighted by Crippen LogP contribution is 2.42. The largest absolute Gasteiger partial charge is 0.456 e. The Morgan fingerprint density at radius 2 is 0.929 bits per heavy atom. The number of furan rings is 2. The summed E-state index contributed by atoms with van der Waals surface area (Å²) in [5, 5.41) is 11.4. The second-order valence-corrected chi connectivity index (χ2v) is 14.5. The Morgan fingerprint density at radius 3 is 1.80 bits per heavy atom. The van der Waals surface area contributed by atoms with Gasteiger partial charge in [-0.05, 0) is 92.0 Å². The van der Waals surface area contributed by atoms with Gasteiger partial charge in [0.25, 0.3) is 0 Å². The van der Waals surface area contributed by atoms with Crippen LogP contribution in [0, 0.1) is 0 Å². The highest BCUT2D eigenvalue weighted by atomic mass is 16.3. The number of para-hydroxylation sites is 1. The molecule has 0 amide bonds. The zero-order chi connectivity index (χ0) is 36.7. The molecule has 4 nitrogen and oxygen atoms in total. The van der Waals surface area contributed by atoms with Gasteiger partial charge in [-0.25, -0.2) is 9.97 Å². The highest BCUT2D eigenvalue weighted by Gasteiger charge is 2.20. The molecule has 12 rings (SSSR count). The molecule has 4 heteroatoms. The van der Waals surface area contributed by atoms with Gasteiger partial charge in [-0.15, -0.1) is 0 Å². The lowest BCUT2D eigenvalue weighted by Gasteiger charge is -2.13. The van der Waals surface area contributed by atoms with Crippen LogP contribution in [0.5, 0.6) is 0 Å². The fourth-order valence-corrected chi connectivity index (χ4v) is 8.57. The Morgan fingerprint density at radius 1 is 0.304 bits per heavy atom. The maximum absolute atomic E-state index is 6.62. The summed E-state index contributed by atoms with van der Waals surface area (Å²) in [6.45, 7) is 0. The minimum atomic E-state index is 0.638. The molecular formula is C52H30N2O2. The van der Waals surface area contributed by atoms with Crippen LogP contribution in [0.3, 0.4) is 0 Å². The first-order chi connectivity index (χ1) is 27.7. The quantitative estimate of drug-likeness (QED) is 0.170. The number of nitrogens with zero attached hydrogens (tertiary/aromatic N) is 2. The Kier molecular flexibility index (Phi) is 6.60. The van der Waals surface area contributed by atoms with E-state index in [4.69, 9.17) is 18.8 Å². The smallest absolute Gasteiger partial charge is 0.161 e. The molecule has 0 spiro atoms. The van der Waals surface area contributed by atoms with Crippen molar-refractivity contribution in [3.63, 3.8) is 0 Å². The molecule has 9 aromatic carbocycles. The van der Waals surface area contributed by atoms with E-state index >= 15 is 0 Å². The standard InChI is InChI=1S/C52H30N2O2/c1-2-12-33(13-3-1)44-30-45(36-20-23-39-35(26-36)19-18-31-10-4-6-14-38(31)39)54-52(53-44)43-28-37(29-49-51(43)41-16-8-9-17-46(41)56-49)34-22-24-47-42(27-34)50-40-15-7-5-11-32(40)21-25-48(50)55-47/h1-30H. The summed E-state index contributed by atoms with van der Waals surface area (Å²) in [6.07, 6.45) is 0. The third kappa shape index (κ3) is 4.79. The average Bonchev–Trinajstić information content (AvgIpc) is 3.84. The van der Waals surface area contributed by atoms with Crippen LogP contribution in [0.25, 0.3) is 121 Å². The first kappa shape index (κ1) is 30.9. The van der Waals surface area contributed by atoms with Crippen molar-refractivity contribution in [2.75, 3.05) is 0 Å². The van der Waals surface area contributed by atoms with Crippen molar-refractivity contribution in [2.24, 2.45) is 0 Å². The molecule has 0 aliphatic carbocycles. The Hall–Kier alpha value is -7.56. The monoisotopic (exact) mass is 714 g/mol. The number of fused-ring (bicyclic) bond motifs is 11. The van der Waals surface area contributed by atoms with Crippen molar-refractivity contribution >= 4 is 76.2 Å². The lowest BCUT2D eigenvalue weighted by atomic mass is 9.96. The summed E-state index contributed by atoms with van der Waals surface area (Å²) in [7, 11) is 0. The van der Waals surface area contributed by atoms with E-state index in [9.17, 15) is 0 Å². The van der Waals surface area contributed by atoms with Gasteiger partial charge in [0.15, 0.2) is 5.82 Å². The van der Waals surface area contributed by atoms with Crippen molar-refractivity contribution in [3.8, 4) is 45.0 Å². The topological polar surface area (TPSA) is 52.1 Å². The average molecular weight is 715 g/mol. The first-order valence-electron chi connectivity index (χ1n) is 18.9. The number of benzene rings is 9. The Balaban J connectivity index is 1.11. The van der Waals surface area contributed by atoms with Crippen molar-refractivity contribution in [1.82, 2.24) is 9.97 Å². The van der Waals surface area contributed by atoms with E-state index in [-0.39, 0.29) is 0 Å². The van der Waals surface area contributed by atoms with E-state index in [0.29, 0.717) is 5.82 Å². The molecule has 3 heterocycles. The van der Waals surface area contributed by atoms with Crippen LogP contribution in [-0.4, -0.2) is 9.97 Å². The molecule has 0 aliphatic heterocycles. The van der Waals surface area contributed by atoms with Gasteiger partial charge in [-0.3, -0.25) is 0 Å². The summed E-state index contributed by atoms with van der Waals surface area (Å²) < 4.78 is 13.0. The second kappa shape index (κ2) is 12.0. The normalized spacial score (nSPS) is 11.9. The number of aromatic nitrogens is 2. The molecule has 260 valence electrons. The van der Waals surface area contributed by atoms with Gasteiger partial charge in [0.05, 0.1) is 11.4 Å². The lowest BCUT2D eigenvalue weighted by Crippen LogP contribution is -1.97. The van der Waals surface area contributed by atoms with Gasteiger partial charge in [0, 0.05) is 38.2 Å². The molecule has 0 saturated carbocycles. The minimum absolute atomic E-state index is 0.638. The van der Waals surface area contributed by atoms with E-state index in [1.54, 1.807) is 0 Å². The molecule has 0 N–H and O–H groups in total. The van der Waals surface area contributed by atoms with Crippen molar-refractivity contribution < 1.29 is 8.83 Å². The van der Waals surface area contributed by atoms with Gasteiger partial charge in [0.1, 0.15) is 22.3 Å². The van der Waals surface area contributed by atoms with E-state index < -0.39 is 0 Å². The summed E-state index contributed by atoms with van der Waals surface area (Å²) in [4.78, 5) is 10.7. The van der Waals surface area contributed by atoms with Gasteiger partial charge in [-0.2, -0.15) is 0 Å². The van der Waals surface area contributed by atoms with Crippen molar-refractivity contribution in [1.29, 1.82) is 0 Å². The van der Waals surface area contributed by atoms with E-state index in [1.165, 1.54) is 32.3 Å². The molecule has 12 aromatic rings. The van der Waals surface area contributed by atoms with Crippen LogP contribution in [-0.2, 0) is 0 Å². The second-order valence-electron chi connectivity index (χ2n) is 14.5. The molecule has 0 bridgehead atoms.